The molecule has 0 bridgehead atoms. The van der Waals surface area contributed by atoms with Gasteiger partial charge in [0.25, 0.3) is 0 Å². The molecule has 0 fully saturated rings. The van der Waals surface area contributed by atoms with Gasteiger partial charge < -0.3 is 10.3 Å². The highest BCUT2D eigenvalue weighted by Gasteiger charge is 2.01. The molecule has 6 nitrogen and oxygen atoms in total. The maximum absolute atomic E-state index is 10.9. The monoisotopic (exact) mass is 268 g/mol. The Morgan fingerprint density at radius 3 is 2.83 bits per heavy atom. The second-order valence-electron chi connectivity index (χ2n) is 4.20. The molecule has 0 aliphatic heterocycles. The maximum Gasteiger partial charge on any atom is 0.208 e. The third-order valence-electron chi connectivity index (χ3n) is 2.44. The molecule has 7 heteroatoms. The Hall–Kier alpha value is -1.60. The van der Waals surface area contributed by atoms with E-state index in [9.17, 15) is 8.42 Å². The SMILES string of the molecule is Cc1cc2cc(NCCNS(C)(=O)=O)ncc2[nH]1. The van der Waals surface area contributed by atoms with E-state index in [1.54, 1.807) is 6.20 Å². The van der Waals surface area contributed by atoms with Crippen molar-refractivity contribution in [2.75, 3.05) is 24.7 Å². The number of pyridine rings is 1. The topological polar surface area (TPSA) is 86.9 Å². The van der Waals surface area contributed by atoms with E-state index in [0.29, 0.717) is 13.1 Å². The molecule has 3 N–H and O–H groups in total. The minimum atomic E-state index is -3.13. The summed E-state index contributed by atoms with van der Waals surface area (Å²) in [4.78, 5) is 7.43. The van der Waals surface area contributed by atoms with E-state index in [1.165, 1.54) is 0 Å². The van der Waals surface area contributed by atoms with E-state index < -0.39 is 10.0 Å². The number of hydrogen-bond acceptors (Lipinski definition) is 4. The van der Waals surface area contributed by atoms with Gasteiger partial charge in [-0.3, -0.25) is 0 Å². The van der Waals surface area contributed by atoms with Crippen LogP contribution >= 0.6 is 0 Å². The van der Waals surface area contributed by atoms with Crippen molar-refractivity contribution >= 4 is 26.7 Å². The third-order valence-corrected chi connectivity index (χ3v) is 3.16. The Labute approximate surface area is 106 Å². The van der Waals surface area contributed by atoms with Crippen LogP contribution in [0.3, 0.4) is 0 Å². The van der Waals surface area contributed by atoms with E-state index >= 15 is 0 Å². The Morgan fingerprint density at radius 1 is 1.33 bits per heavy atom. The summed E-state index contributed by atoms with van der Waals surface area (Å²) in [6, 6.07) is 3.97. The van der Waals surface area contributed by atoms with E-state index in [1.807, 2.05) is 19.1 Å². The molecule has 0 aliphatic rings. The summed E-state index contributed by atoms with van der Waals surface area (Å²) in [6.45, 7) is 2.82. The summed E-state index contributed by atoms with van der Waals surface area (Å²) in [6.07, 6.45) is 2.90. The standard InChI is InChI=1S/C11H16N4O2S/c1-8-5-9-6-11(13-7-10(9)15-8)12-3-4-14-18(2,16)17/h5-7,14-15H,3-4H2,1-2H3,(H,12,13). The molecule has 0 saturated heterocycles. The first-order valence-corrected chi connectivity index (χ1v) is 7.47. The molecule has 2 aromatic heterocycles. The minimum Gasteiger partial charge on any atom is -0.369 e. The zero-order valence-electron chi connectivity index (χ0n) is 10.3. The number of sulfonamides is 1. The summed E-state index contributed by atoms with van der Waals surface area (Å²) in [5.74, 6) is 0.733. The quantitative estimate of drug-likeness (QED) is 0.701. The van der Waals surface area contributed by atoms with Gasteiger partial charge in [-0.05, 0) is 19.1 Å². The summed E-state index contributed by atoms with van der Waals surface area (Å²) in [5.41, 5.74) is 2.08. The van der Waals surface area contributed by atoms with Gasteiger partial charge in [0, 0.05) is 24.2 Å². The molecule has 2 aromatic rings. The maximum atomic E-state index is 10.9. The molecule has 2 heterocycles. The van der Waals surface area contributed by atoms with Crippen molar-refractivity contribution in [2.45, 2.75) is 6.92 Å². The zero-order chi connectivity index (χ0) is 13.2. The van der Waals surface area contributed by atoms with Crippen LogP contribution < -0.4 is 10.0 Å². The molecule has 0 atom stereocenters. The predicted octanol–water partition coefficient (Wildman–Crippen LogP) is 0.832. The highest BCUT2D eigenvalue weighted by Crippen LogP contribution is 2.16. The lowest BCUT2D eigenvalue weighted by molar-refractivity contribution is 0.589. The first kappa shape index (κ1) is 12.8. The molecule has 0 aromatic carbocycles. The normalized spacial score (nSPS) is 11.9. The van der Waals surface area contributed by atoms with Gasteiger partial charge in [0.1, 0.15) is 5.82 Å². The molecular weight excluding hydrogens is 252 g/mol. The molecule has 98 valence electrons. The second-order valence-corrected chi connectivity index (χ2v) is 6.04. The number of aryl methyl sites for hydroxylation is 1. The van der Waals surface area contributed by atoms with E-state index in [0.717, 1.165) is 28.7 Å². The lowest BCUT2D eigenvalue weighted by Gasteiger charge is -2.05. The summed E-state index contributed by atoms with van der Waals surface area (Å²) >= 11 is 0. The van der Waals surface area contributed by atoms with Crippen LogP contribution in [0.25, 0.3) is 10.9 Å². The Balaban J connectivity index is 1.95. The lowest BCUT2D eigenvalue weighted by atomic mass is 10.3. The number of nitrogens with zero attached hydrogens (tertiary/aromatic N) is 1. The Morgan fingerprint density at radius 2 is 2.11 bits per heavy atom. The zero-order valence-corrected chi connectivity index (χ0v) is 11.1. The average Bonchev–Trinajstić information content (AvgIpc) is 2.62. The van der Waals surface area contributed by atoms with Crippen molar-refractivity contribution in [3.05, 3.63) is 24.0 Å². The van der Waals surface area contributed by atoms with Crippen molar-refractivity contribution in [1.29, 1.82) is 0 Å². The van der Waals surface area contributed by atoms with Gasteiger partial charge in [-0.15, -0.1) is 0 Å². The largest absolute Gasteiger partial charge is 0.369 e. The number of aromatic amines is 1. The van der Waals surface area contributed by atoms with E-state index in [4.69, 9.17) is 0 Å². The van der Waals surface area contributed by atoms with Crippen molar-refractivity contribution in [3.8, 4) is 0 Å². The molecule has 0 saturated carbocycles. The number of fused-ring (bicyclic) bond motifs is 1. The molecule has 0 amide bonds. The smallest absolute Gasteiger partial charge is 0.208 e. The van der Waals surface area contributed by atoms with Crippen LogP contribution in [0.2, 0.25) is 0 Å². The van der Waals surface area contributed by atoms with E-state index in [2.05, 4.69) is 20.0 Å². The van der Waals surface area contributed by atoms with Crippen LogP contribution in [-0.2, 0) is 10.0 Å². The molecule has 2 rings (SSSR count). The van der Waals surface area contributed by atoms with Gasteiger partial charge >= 0.3 is 0 Å². The molecule has 0 unspecified atom stereocenters. The van der Waals surface area contributed by atoms with Gasteiger partial charge in [0.15, 0.2) is 0 Å². The first-order valence-electron chi connectivity index (χ1n) is 5.58. The van der Waals surface area contributed by atoms with Gasteiger partial charge in [-0.1, -0.05) is 0 Å². The Kier molecular flexibility index (Phi) is 3.53. The molecule has 0 spiro atoms. The first-order chi connectivity index (χ1) is 8.44. The number of rotatable bonds is 5. The summed E-state index contributed by atoms with van der Waals surface area (Å²) in [7, 11) is -3.13. The van der Waals surface area contributed by atoms with Crippen molar-refractivity contribution < 1.29 is 8.42 Å². The molecule has 0 aliphatic carbocycles. The highest BCUT2D eigenvalue weighted by molar-refractivity contribution is 7.88. The van der Waals surface area contributed by atoms with Gasteiger partial charge in [-0.25, -0.2) is 18.1 Å². The van der Waals surface area contributed by atoms with Crippen LogP contribution in [0.15, 0.2) is 18.3 Å². The fourth-order valence-electron chi connectivity index (χ4n) is 1.70. The third kappa shape index (κ3) is 3.44. The summed E-state index contributed by atoms with van der Waals surface area (Å²) in [5, 5.41) is 4.15. The van der Waals surface area contributed by atoms with Crippen molar-refractivity contribution in [1.82, 2.24) is 14.7 Å². The molecule has 18 heavy (non-hydrogen) atoms. The highest BCUT2D eigenvalue weighted by atomic mass is 32.2. The molecule has 0 radical (unpaired) electrons. The van der Waals surface area contributed by atoms with Crippen molar-refractivity contribution in [2.24, 2.45) is 0 Å². The number of nitrogens with one attached hydrogen (secondary N) is 3. The number of anilines is 1. The second kappa shape index (κ2) is 4.95. The van der Waals surface area contributed by atoms with Crippen LogP contribution in [0.4, 0.5) is 5.82 Å². The fraction of sp³-hybridized carbons (Fsp3) is 0.364. The Bertz CT molecular complexity index is 648. The van der Waals surface area contributed by atoms with Gasteiger partial charge in [-0.2, -0.15) is 0 Å². The fourth-order valence-corrected chi connectivity index (χ4v) is 2.17. The van der Waals surface area contributed by atoms with Crippen molar-refractivity contribution in [3.63, 3.8) is 0 Å². The minimum absolute atomic E-state index is 0.338. The summed E-state index contributed by atoms with van der Waals surface area (Å²) < 4.78 is 24.1. The average molecular weight is 268 g/mol. The van der Waals surface area contributed by atoms with Gasteiger partial charge in [0.05, 0.1) is 18.0 Å². The number of aromatic nitrogens is 2. The van der Waals surface area contributed by atoms with Crippen LogP contribution in [-0.4, -0.2) is 37.7 Å². The van der Waals surface area contributed by atoms with E-state index in [-0.39, 0.29) is 0 Å². The van der Waals surface area contributed by atoms with Crippen LogP contribution in [0.5, 0.6) is 0 Å². The predicted molar refractivity (Wildman–Crippen MR) is 72.2 cm³/mol. The van der Waals surface area contributed by atoms with Crippen LogP contribution in [0.1, 0.15) is 5.69 Å². The van der Waals surface area contributed by atoms with Crippen LogP contribution in [0, 0.1) is 6.92 Å². The lowest BCUT2D eigenvalue weighted by Crippen LogP contribution is -2.27. The molecular formula is C11H16N4O2S. The van der Waals surface area contributed by atoms with Gasteiger partial charge in [0.2, 0.25) is 10.0 Å². The number of H-pyrrole nitrogens is 1. The number of hydrogen-bond donors (Lipinski definition) is 3.